The Kier molecular flexibility index (Phi) is 8.95. The Morgan fingerprint density at radius 1 is 1.12 bits per heavy atom. The number of benzene rings is 1. The monoisotopic (exact) mass is 532 g/mol. The number of thiazole rings is 1. The van der Waals surface area contributed by atoms with E-state index in [0.29, 0.717) is 30.0 Å². The van der Waals surface area contributed by atoms with Crippen molar-refractivity contribution >= 4 is 47.4 Å². The molecule has 184 valence electrons. The molecular weight excluding hydrogens is 509 g/mol. The van der Waals surface area contributed by atoms with Crippen molar-refractivity contribution in [3.63, 3.8) is 0 Å². The van der Waals surface area contributed by atoms with Crippen LogP contribution in [0.5, 0.6) is 0 Å². The number of halogens is 4. The first-order valence-electron chi connectivity index (χ1n) is 9.96. The highest BCUT2D eigenvalue weighted by Crippen LogP contribution is 2.36. The molecular formula is C22H24ClF3N4O2S2. The van der Waals surface area contributed by atoms with Crippen LogP contribution in [-0.2, 0) is 17.4 Å². The Bertz CT molecular complexity index is 1120. The number of anilines is 1. The summed E-state index contributed by atoms with van der Waals surface area (Å²) in [5, 5.41) is 9.31. The first-order chi connectivity index (χ1) is 15.4. The van der Waals surface area contributed by atoms with E-state index in [1.54, 1.807) is 26.2 Å². The zero-order chi connectivity index (χ0) is 24.4. The van der Waals surface area contributed by atoms with Crippen molar-refractivity contribution in [1.29, 1.82) is 0 Å². The summed E-state index contributed by atoms with van der Waals surface area (Å²) in [5.74, 6) is -0.404. The number of hydrogen-bond acceptors (Lipinski definition) is 7. The molecule has 0 radical (unpaired) electrons. The van der Waals surface area contributed by atoms with E-state index in [2.05, 4.69) is 15.0 Å². The fraction of sp³-hybridized carbons (Fsp3) is 0.364. The quantitative estimate of drug-likeness (QED) is 0.357. The van der Waals surface area contributed by atoms with Crippen LogP contribution < -0.4 is 4.90 Å². The van der Waals surface area contributed by atoms with Crippen LogP contribution in [0.3, 0.4) is 0 Å². The average molecular weight is 533 g/mol. The van der Waals surface area contributed by atoms with Gasteiger partial charge in [-0.25, -0.2) is 15.0 Å². The lowest BCUT2D eigenvalue weighted by atomic mass is 10.1. The highest BCUT2D eigenvalue weighted by Gasteiger charge is 2.31. The number of alkyl halides is 3. The molecule has 1 aromatic carbocycles. The van der Waals surface area contributed by atoms with Crippen LogP contribution in [0.15, 0.2) is 41.0 Å². The van der Waals surface area contributed by atoms with Crippen LogP contribution in [0.1, 0.15) is 30.0 Å². The summed E-state index contributed by atoms with van der Waals surface area (Å²) in [7, 11) is 1.85. The third-order valence-electron chi connectivity index (χ3n) is 4.94. The summed E-state index contributed by atoms with van der Waals surface area (Å²) in [6.45, 7) is 5.85. The highest BCUT2D eigenvalue weighted by molar-refractivity contribution is 8.03. The molecule has 0 aliphatic heterocycles. The van der Waals surface area contributed by atoms with Gasteiger partial charge < -0.3 is 10.0 Å². The number of aryl methyl sites for hydroxylation is 1. The maximum atomic E-state index is 12.7. The van der Waals surface area contributed by atoms with E-state index < -0.39 is 22.5 Å². The van der Waals surface area contributed by atoms with E-state index in [-0.39, 0.29) is 12.4 Å². The van der Waals surface area contributed by atoms with Crippen molar-refractivity contribution < 1.29 is 23.1 Å². The fourth-order valence-corrected chi connectivity index (χ4v) is 5.36. The molecule has 6 nitrogen and oxygen atoms in total. The third-order valence-corrected chi connectivity index (χ3v) is 7.20. The molecule has 0 atom stereocenters. The van der Waals surface area contributed by atoms with Crippen molar-refractivity contribution in [2.75, 3.05) is 18.5 Å². The van der Waals surface area contributed by atoms with Crippen molar-refractivity contribution in [3.05, 3.63) is 52.8 Å². The summed E-state index contributed by atoms with van der Waals surface area (Å²) in [6.07, 6.45) is -0.573. The summed E-state index contributed by atoms with van der Waals surface area (Å²) >= 11 is 2.70. The van der Waals surface area contributed by atoms with Crippen molar-refractivity contribution in [3.8, 4) is 11.1 Å². The van der Waals surface area contributed by atoms with Gasteiger partial charge in [0.1, 0.15) is 4.75 Å². The van der Waals surface area contributed by atoms with Gasteiger partial charge in [0.15, 0.2) is 4.34 Å². The Labute approximate surface area is 210 Å². The van der Waals surface area contributed by atoms with Crippen LogP contribution in [0, 0.1) is 6.92 Å². The Morgan fingerprint density at radius 3 is 2.24 bits per heavy atom. The summed E-state index contributed by atoms with van der Waals surface area (Å²) in [5.41, 5.74) is 1.43. The molecule has 2 aromatic heterocycles. The largest absolute Gasteiger partial charge is 0.480 e. The number of rotatable bonds is 8. The van der Waals surface area contributed by atoms with Crippen LogP contribution in [0.4, 0.5) is 19.1 Å². The van der Waals surface area contributed by atoms with Crippen LogP contribution in [-0.4, -0.2) is 44.4 Å². The van der Waals surface area contributed by atoms with Crippen molar-refractivity contribution in [2.24, 2.45) is 0 Å². The predicted molar refractivity (Wildman–Crippen MR) is 131 cm³/mol. The van der Waals surface area contributed by atoms with Gasteiger partial charge in [0, 0.05) is 42.8 Å². The highest BCUT2D eigenvalue weighted by atomic mass is 35.5. The molecule has 0 unspecified atom stereocenters. The topological polar surface area (TPSA) is 79.2 Å². The minimum Gasteiger partial charge on any atom is -0.480 e. The first-order valence-corrected chi connectivity index (χ1v) is 11.6. The van der Waals surface area contributed by atoms with E-state index in [1.165, 1.54) is 35.2 Å². The van der Waals surface area contributed by atoms with E-state index in [9.17, 15) is 23.1 Å². The summed E-state index contributed by atoms with van der Waals surface area (Å²) < 4.78 is 38.0. The van der Waals surface area contributed by atoms with Gasteiger partial charge >= 0.3 is 12.1 Å². The predicted octanol–water partition coefficient (Wildman–Crippen LogP) is 5.98. The molecule has 0 amide bonds. The molecule has 0 spiro atoms. The maximum Gasteiger partial charge on any atom is 0.416 e. The maximum absolute atomic E-state index is 12.7. The van der Waals surface area contributed by atoms with Gasteiger partial charge in [-0.05, 0) is 38.5 Å². The molecule has 0 aliphatic rings. The van der Waals surface area contributed by atoms with Gasteiger partial charge in [0.05, 0.1) is 11.3 Å². The molecule has 0 saturated carbocycles. The smallest absolute Gasteiger partial charge is 0.416 e. The molecule has 0 bridgehead atoms. The number of carboxylic acid groups (broad SMARTS) is 1. The normalized spacial score (nSPS) is 11.7. The Hall–Kier alpha value is -2.37. The summed E-state index contributed by atoms with van der Waals surface area (Å²) in [6, 6.07) is 4.87. The van der Waals surface area contributed by atoms with Gasteiger partial charge in [0.25, 0.3) is 0 Å². The zero-order valence-corrected chi connectivity index (χ0v) is 21.3. The van der Waals surface area contributed by atoms with E-state index in [0.717, 1.165) is 27.0 Å². The van der Waals surface area contributed by atoms with Crippen LogP contribution in [0.25, 0.3) is 11.1 Å². The third kappa shape index (κ3) is 6.83. The fourth-order valence-electron chi connectivity index (χ4n) is 2.83. The second kappa shape index (κ2) is 10.9. The van der Waals surface area contributed by atoms with Gasteiger partial charge in [-0.15, -0.1) is 23.7 Å². The molecule has 3 rings (SSSR count). The van der Waals surface area contributed by atoms with E-state index >= 15 is 0 Å². The Balaban J connectivity index is 0.00000408. The van der Waals surface area contributed by atoms with Gasteiger partial charge in [0.2, 0.25) is 5.95 Å². The van der Waals surface area contributed by atoms with Gasteiger partial charge in [-0.2, -0.15) is 13.2 Å². The molecule has 3 aromatic rings. The Morgan fingerprint density at radius 2 is 1.71 bits per heavy atom. The van der Waals surface area contributed by atoms with Gasteiger partial charge in [-0.1, -0.05) is 23.9 Å². The zero-order valence-electron chi connectivity index (χ0n) is 18.9. The van der Waals surface area contributed by atoms with Crippen molar-refractivity contribution in [2.45, 2.75) is 42.5 Å². The number of carboxylic acids is 1. The number of carbonyl (C=O) groups is 1. The molecule has 0 saturated heterocycles. The second-order valence-electron chi connectivity index (χ2n) is 7.92. The molecule has 1 N–H and O–H groups in total. The lowest BCUT2D eigenvalue weighted by molar-refractivity contribution is -0.139. The second-order valence-corrected chi connectivity index (χ2v) is 11.0. The molecule has 2 heterocycles. The number of thioether (sulfide) groups is 1. The van der Waals surface area contributed by atoms with E-state index in [1.807, 2.05) is 18.9 Å². The minimum absolute atomic E-state index is 0. The van der Waals surface area contributed by atoms with Gasteiger partial charge in [-0.3, -0.25) is 4.79 Å². The number of aromatic nitrogens is 3. The lowest BCUT2D eigenvalue weighted by Crippen LogP contribution is -2.26. The lowest BCUT2D eigenvalue weighted by Gasteiger charge is -2.17. The number of nitrogens with zero attached hydrogens (tertiary/aromatic N) is 4. The summed E-state index contributed by atoms with van der Waals surface area (Å²) in [4.78, 5) is 27.5. The molecule has 0 fully saturated rings. The standard InChI is InChI=1S/C22H23F3N4O2S2.ClH/c1-13-17(28-20(32-13)33-21(2,3)18(30)31)9-10-29(4)19-26-11-15(12-27-19)14-5-7-16(8-6-14)22(23,24)25;/h5-8,11-12H,9-10H2,1-4H3,(H,30,31);1H. The minimum atomic E-state index is -4.37. The van der Waals surface area contributed by atoms with Crippen LogP contribution >= 0.6 is 35.5 Å². The average Bonchev–Trinajstić information content (AvgIpc) is 3.09. The first kappa shape index (κ1) is 27.9. The number of likely N-dealkylation sites (N-methyl/N-ethyl adjacent to an activating group) is 1. The molecule has 34 heavy (non-hydrogen) atoms. The number of aliphatic carboxylic acids is 1. The van der Waals surface area contributed by atoms with Crippen molar-refractivity contribution in [1.82, 2.24) is 15.0 Å². The van der Waals surface area contributed by atoms with E-state index in [4.69, 9.17) is 0 Å². The molecule has 0 aliphatic carbocycles. The SMILES string of the molecule is Cc1sc(SC(C)(C)C(=O)O)nc1CCN(C)c1ncc(-c2ccc(C(F)(F)F)cc2)cn1.Cl. The van der Waals surface area contributed by atoms with Crippen LogP contribution in [0.2, 0.25) is 0 Å². The number of hydrogen-bond donors (Lipinski definition) is 1. The molecule has 12 heteroatoms.